The quantitative estimate of drug-likeness (QED) is 0.437. The first kappa shape index (κ1) is 23.5. The smallest absolute Gasteiger partial charge is 0.311 e. The van der Waals surface area contributed by atoms with Crippen molar-refractivity contribution < 1.29 is 23.9 Å². The second-order valence-electron chi connectivity index (χ2n) is 7.98. The maximum atomic E-state index is 12.5. The van der Waals surface area contributed by atoms with E-state index < -0.39 is 24.4 Å². The minimum atomic E-state index is -0.628. The molecule has 1 atom stereocenters. The highest BCUT2D eigenvalue weighted by molar-refractivity contribution is 9.10. The lowest BCUT2D eigenvalue weighted by molar-refractivity contribution is -0.151. The summed E-state index contributed by atoms with van der Waals surface area (Å²) in [5.74, 6) is -0.443. The molecule has 1 N–H and O–H groups in total. The Morgan fingerprint density at radius 1 is 0.971 bits per heavy atom. The first-order valence-electron chi connectivity index (χ1n) is 10.7. The molecule has 0 radical (unpaired) electrons. The molecule has 0 aliphatic carbocycles. The van der Waals surface area contributed by atoms with E-state index in [-0.39, 0.29) is 18.9 Å². The maximum Gasteiger partial charge on any atom is 0.311 e. The monoisotopic (exact) mass is 522 g/mol. The van der Waals surface area contributed by atoms with Crippen molar-refractivity contribution in [3.05, 3.63) is 82.8 Å². The summed E-state index contributed by atoms with van der Waals surface area (Å²) in [6.07, 6.45) is 0.0365. The number of ether oxygens (including phenoxy) is 2. The number of aryl methyl sites for hydroxylation is 1. The van der Waals surface area contributed by atoms with E-state index >= 15 is 0 Å². The Morgan fingerprint density at radius 3 is 2.24 bits per heavy atom. The van der Waals surface area contributed by atoms with Crippen LogP contribution < -0.4 is 15.0 Å². The zero-order chi connectivity index (χ0) is 24.1. The number of nitrogens with one attached hydrogen (secondary N) is 1. The van der Waals surface area contributed by atoms with Crippen LogP contribution in [0.4, 0.5) is 11.4 Å². The Labute approximate surface area is 205 Å². The first-order chi connectivity index (χ1) is 16.4. The Kier molecular flexibility index (Phi) is 7.27. The molecule has 1 aliphatic rings. The summed E-state index contributed by atoms with van der Waals surface area (Å²) in [6, 6.07) is 21.9. The highest BCUT2D eigenvalue weighted by atomic mass is 79.9. The standard InChI is InChI=1S/C26H23BrN2O5/c1-17-2-10-22(11-3-17)34-23-12-8-21(9-13-23)29-15-18(14-25(29)31)26(32)33-16-24(30)28-20-6-4-19(27)5-7-20/h2-13,18H,14-16H2,1H3,(H,28,30)/t18-/m1/s1. The molecule has 34 heavy (non-hydrogen) atoms. The summed E-state index contributed by atoms with van der Waals surface area (Å²) in [6.45, 7) is 1.79. The molecule has 3 aromatic rings. The zero-order valence-corrected chi connectivity index (χ0v) is 20.1. The molecule has 1 fully saturated rings. The van der Waals surface area contributed by atoms with Crippen LogP contribution in [0, 0.1) is 12.8 Å². The third kappa shape index (κ3) is 6.02. The number of amides is 2. The maximum absolute atomic E-state index is 12.5. The van der Waals surface area contributed by atoms with Gasteiger partial charge in [-0.25, -0.2) is 0 Å². The summed E-state index contributed by atoms with van der Waals surface area (Å²) < 4.78 is 11.9. The van der Waals surface area contributed by atoms with Crippen LogP contribution >= 0.6 is 15.9 Å². The molecule has 4 rings (SSSR count). The van der Waals surface area contributed by atoms with Crippen molar-refractivity contribution in [1.82, 2.24) is 0 Å². The molecule has 1 heterocycles. The summed E-state index contributed by atoms with van der Waals surface area (Å²) >= 11 is 3.32. The van der Waals surface area contributed by atoms with Gasteiger partial charge < -0.3 is 19.7 Å². The van der Waals surface area contributed by atoms with Crippen molar-refractivity contribution in [3.8, 4) is 11.5 Å². The van der Waals surface area contributed by atoms with Crippen LogP contribution in [-0.2, 0) is 19.1 Å². The number of rotatable bonds is 7. The molecule has 0 aromatic heterocycles. The second kappa shape index (κ2) is 10.5. The fourth-order valence-electron chi connectivity index (χ4n) is 3.54. The van der Waals surface area contributed by atoms with Crippen molar-refractivity contribution >= 4 is 45.1 Å². The number of carbonyl (C=O) groups is 3. The molecule has 0 spiro atoms. The molecule has 1 aliphatic heterocycles. The number of anilines is 2. The molecular weight excluding hydrogens is 500 g/mol. The van der Waals surface area contributed by atoms with Crippen LogP contribution in [-0.4, -0.2) is 30.9 Å². The Balaban J connectivity index is 1.28. The van der Waals surface area contributed by atoms with Crippen molar-refractivity contribution in [1.29, 1.82) is 0 Å². The predicted octanol–water partition coefficient (Wildman–Crippen LogP) is 5.08. The van der Waals surface area contributed by atoms with Gasteiger partial charge in [-0.1, -0.05) is 33.6 Å². The van der Waals surface area contributed by atoms with E-state index in [2.05, 4.69) is 21.2 Å². The summed E-state index contributed by atoms with van der Waals surface area (Å²) in [5, 5.41) is 2.66. The molecule has 3 aromatic carbocycles. The highest BCUT2D eigenvalue weighted by Gasteiger charge is 2.36. The largest absolute Gasteiger partial charge is 0.457 e. The van der Waals surface area contributed by atoms with Crippen molar-refractivity contribution in [2.24, 2.45) is 5.92 Å². The van der Waals surface area contributed by atoms with Gasteiger partial charge in [-0.2, -0.15) is 0 Å². The van der Waals surface area contributed by atoms with Gasteiger partial charge in [0.25, 0.3) is 5.91 Å². The number of esters is 1. The van der Waals surface area contributed by atoms with Gasteiger partial charge in [-0.15, -0.1) is 0 Å². The predicted molar refractivity (Wildman–Crippen MR) is 132 cm³/mol. The number of hydrogen-bond donors (Lipinski definition) is 1. The number of halogens is 1. The van der Waals surface area contributed by atoms with E-state index in [0.717, 1.165) is 15.8 Å². The van der Waals surface area contributed by atoms with E-state index in [4.69, 9.17) is 9.47 Å². The molecule has 174 valence electrons. The summed E-state index contributed by atoms with van der Waals surface area (Å²) in [4.78, 5) is 38.6. The zero-order valence-electron chi connectivity index (χ0n) is 18.5. The van der Waals surface area contributed by atoms with Gasteiger partial charge >= 0.3 is 5.97 Å². The molecule has 8 heteroatoms. The Bertz CT molecular complexity index is 1180. The van der Waals surface area contributed by atoms with Crippen LogP contribution in [0.2, 0.25) is 0 Å². The van der Waals surface area contributed by atoms with Gasteiger partial charge in [0.1, 0.15) is 11.5 Å². The highest BCUT2D eigenvalue weighted by Crippen LogP contribution is 2.29. The third-order valence-electron chi connectivity index (χ3n) is 5.34. The molecule has 0 bridgehead atoms. The minimum absolute atomic E-state index is 0.0365. The lowest BCUT2D eigenvalue weighted by atomic mass is 10.1. The first-order valence-corrected chi connectivity index (χ1v) is 11.5. The lowest BCUT2D eigenvalue weighted by Gasteiger charge is -2.17. The fourth-order valence-corrected chi connectivity index (χ4v) is 3.80. The Morgan fingerprint density at radius 2 is 1.59 bits per heavy atom. The number of carbonyl (C=O) groups excluding carboxylic acids is 3. The van der Waals surface area contributed by atoms with E-state index in [9.17, 15) is 14.4 Å². The average Bonchev–Trinajstić information content (AvgIpc) is 3.23. The van der Waals surface area contributed by atoms with Crippen LogP contribution in [0.1, 0.15) is 12.0 Å². The number of benzene rings is 3. The van der Waals surface area contributed by atoms with Gasteiger partial charge in [-0.3, -0.25) is 14.4 Å². The average molecular weight is 523 g/mol. The van der Waals surface area contributed by atoms with E-state index in [1.54, 1.807) is 53.4 Å². The molecule has 0 unspecified atom stereocenters. The second-order valence-corrected chi connectivity index (χ2v) is 8.89. The summed E-state index contributed by atoms with van der Waals surface area (Å²) in [7, 11) is 0. The van der Waals surface area contributed by atoms with Gasteiger partial charge in [0.15, 0.2) is 6.61 Å². The van der Waals surface area contributed by atoms with Crippen molar-refractivity contribution in [2.45, 2.75) is 13.3 Å². The Hall–Kier alpha value is -3.65. The van der Waals surface area contributed by atoms with Gasteiger partial charge in [-0.05, 0) is 67.6 Å². The van der Waals surface area contributed by atoms with E-state index in [0.29, 0.717) is 17.1 Å². The normalized spacial score (nSPS) is 15.2. The summed E-state index contributed by atoms with van der Waals surface area (Å²) in [5.41, 5.74) is 2.42. The SMILES string of the molecule is Cc1ccc(Oc2ccc(N3C[C@H](C(=O)OCC(=O)Nc4ccc(Br)cc4)CC3=O)cc2)cc1. The van der Waals surface area contributed by atoms with Crippen molar-refractivity contribution in [3.63, 3.8) is 0 Å². The molecule has 1 saturated heterocycles. The minimum Gasteiger partial charge on any atom is -0.457 e. The van der Waals surface area contributed by atoms with Crippen LogP contribution in [0.5, 0.6) is 11.5 Å². The van der Waals surface area contributed by atoms with Crippen LogP contribution in [0.25, 0.3) is 0 Å². The molecule has 0 saturated carbocycles. The van der Waals surface area contributed by atoms with Crippen molar-refractivity contribution in [2.75, 3.05) is 23.4 Å². The third-order valence-corrected chi connectivity index (χ3v) is 5.87. The van der Waals surface area contributed by atoms with Crippen LogP contribution in [0.3, 0.4) is 0 Å². The van der Waals surface area contributed by atoms with Crippen LogP contribution in [0.15, 0.2) is 77.3 Å². The fraction of sp³-hybridized carbons (Fsp3) is 0.192. The van der Waals surface area contributed by atoms with Gasteiger partial charge in [0, 0.05) is 28.8 Å². The molecule has 7 nitrogen and oxygen atoms in total. The van der Waals surface area contributed by atoms with E-state index in [1.165, 1.54) is 0 Å². The number of nitrogens with zero attached hydrogens (tertiary/aromatic N) is 1. The molecular formula is C26H23BrN2O5. The number of hydrogen-bond acceptors (Lipinski definition) is 5. The molecule has 2 amide bonds. The van der Waals surface area contributed by atoms with Gasteiger partial charge in [0.2, 0.25) is 5.91 Å². The lowest BCUT2D eigenvalue weighted by Crippen LogP contribution is -2.28. The topological polar surface area (TPSA) is 84.9 Å². The van der Waals surface area contributed by atoms with E-state index in [1.807, 2.05) is 31.2 Å². The van der Waals surface area contributed by atoms with Gasteiger partial charge in [0.05, 0.1) is 5.92 Å².